The third-order valence-corrected chi connectivity index (χ3v) is 5.05. The molecule has 0 saturated carbocycles. The first kappa shape index (κ1) is 19.9. The second kappa shape index (κ2) is 8.33. The van der Waals surface area contributed by atoms with E-state index < -0.39 is 8.32 Å². The molecule has 0 aromatic carbocycles. The molecule has 1 aromatic rings. The molecule has 0 atom stereocenters. The molecule has 2 N–H and O–H groups in total. The summed E-state index contributed by atoms with van der Waals surface area (Å²) in [7, 11) is -2.04. The fraction of sp³-hybridized carbons (Fsp3) is 0.412. The van der Waals surface area contributed by atoms with Gasteiger partial charge in [-0.1, -0.05) is 46.4 Å². The van der Waals surface area contributed by atoms with Gasteiger partial charge in [-0.25, -0.2) is 0 Å². The van der Waals surface area contributed by atoms with Gasteiger partial charge in [-0.3, -0.25) is 10.1 Å². The Labute approximate surface area is 162 Å². The maximum atomic E-state index is 12.1. The van der Waals surface area contributed by atoms with Crippen LogP contribution in [0.1, 0.15) is 25.0 Å². The molecule has 1 amide bonds. The Kier molecular flexibility index (Phi) is 6.64. The molecule has 1 aromatic heterocycles. The average molecular weight is 444 g/mol. The lowest BCUT2D eigenvalue weighted by molar-refractivity contribution is -0.116. The Morgan fingerprint density at radius 2 is 2.20 bits per heavy atom. The van der Waals surface area contributed by atoms with Gasteiger partial charge in [0.05, 0.1) is 0 Å². The number of thiocarbonyl (C=S) groups is 1. The Bertz CT molecular complexity index is 734. The zero-order chi connectivity index (χ0) is 18.6. The van der Waals surface area contributed by atoms with E-state index >= 15 is 0 Å². The van der Waals surface area contributed by atoms with Gasteiger partial charge in [0.2, 0.25) is 31.6 Å². The van der Waals surface area contributed by atoms with Gasteiger partial charge in [0.25, 0.3) is 0 Å². The molecule has 0 saturated heterocycles. The Morgan fingerprint density at radius 3 is 2.80 bits per heavy atom. The van der Waals surface area contributed by atoms with E-state index in [9.17, 15) is 9.90 Å². The molecule has 0 unspecified atom stereocenters. The first-order valence-electron chi connectivity index (χ1n) is 8.04. The van der Waals surface area contributed by atoms with Crippen LogP contribution < -0.4 is 9.74 Å². The van der Waals surface area contributed by atoms with Crippen LogP contribution >= 0.6 is 28.1 Å². The molecule has 1 aliphatic carbocycles. The lowest BCUT2D eigenvalue weighted by Crippen LogP contribution is -2.29. The molecule has 0 fully saturated rings. The number of halogens is 1. The smallest absolute Gasteiger partial charge is 0.245 e. The van der Waals surface area contributed by atoms with Crippen molar-refractivity contribution in [2.24, 2.45) is 0 Å². The topological polar surface area (TPSA) is 71.7 Å². The van der Waals surface area contributed by atoms with Crippen LogP contribution in [-0.4, -0.2) is 29.5 Å². The van der Waals surface area contributed by atoms with Gasteiger partial charge in [0.15, 0.2) is 5.76 Å². The zero-order valence-corrected chi connectivity index (χ0v) is 17.9. The van der Waals surface area contributed by atoms with Crippen LogP contribution in [0, 0.1) is 0 Å². The first-order chi connectivity index (χ1) is 11.7. The van der Waals surface area contributed by atoms with E-state index in [2.05, 4.69) is 21.2 Å². The fourth-order valence-electron chi connectivity index (χ4n) is 2.23. The molecule has 2 rings (SSSR count). The van der Waals surface area contributed by atoms with Crippen molar-refractivity contribution in [3.8, 4) is 11.5 Å². The number of hydrogen-bond donors (Lipinski definition) is 2. The number of carbonyl (C=O) groups excluding carboxylic acids is 1. The van der Waals surface area contributed by atoms with Gasteiger partial charge >= 0.3 is 0 Å². The maximum Gasteiger partial charge on any atom is 0.245 e. The minimum absolute atomic E-state index is 0.123. The highest BCUT2D eigenvalue weighted by molar-refractivity contribution is 9.09. The van der Waals surface area contributed by atoms with Gasteiger partial charge in [0, 0.05) is 28.6 Å². The maximum absolute atomic E-state index is 12.1. The molecule has 25 heavy (non-hydrogen) atoms. The van der Waals surface area contributed by atoms with Crippen LogP contribution in [0.3, 0.4) is 0 Å². The fourth-order valence-corrected chi connectivity index (χ4v) is 3.57. The summed E-state index contributed by atoms with van der Waals surface area (Å²) in [5.74, 6) is 0.230. The van der Waals surface area contributed by atoms with E-state index in [1.165, 1.54) is 0 Å². The normalized spacial score (nSPS) is 14.4. The third kappa shape index (κ3) is 5.29. The highest BCUT2D eigenvalue weighted by Crippen LogP contribution is 2.46. The van der Waals surface area contributed by atoms with Crippen LogP contribution in [0.2, 0.25) is 19.6 Å². The molecule has 1 heterocycles. The van der Waals surface area contributed by atoms with Crippen molar-refractivity contribution >= 4 is 58.7 Å². The molecule has 0 spiro atoms. The number of allylic oxidation sites excluding steroid dienone is 4. The van der Waals surface area contributed by atoms with E-state index in [0.29, 0.717) is 29.7 Å². The second-order valence-corrected chi connectivity index (χ2v) is 12.3. The minimum atomic E-state index is -2.04. The molecule has 0 bridgehead atoms. The van der Waals surface area contributed by atoms with Gasteiger partial charge in [-0.2, -0.15) is 0 Å². The molecular weight excluding hydrogens is 422 g/mol. The van der Waals surface area contributed by atoms with Crippen molar-refractivity contribution < 1.29 is 18.7 Å². The summed E-state index contributed by atoms with van der Waals surface area (Å²) in [6.07, 6.45) is 7.25. The standard InChI is InChI=1S/C17H22BrNO4SSi/c1-25(2,3)23-16-14(21)15(11-7-4-5-8-12(11)24)22-17(16)19-13(20)9-6-10-18/h4-5,7,21H,6,8-10H2,1-3H3,(H,19,20). The number of hydrogen-bond acceptors (Lipinski definition) is 5. The number of alkyl halides is 1. The van der Waals surface area contributed by atoms with Crippen molar-refractivity contribution in [2.75, 3.05) is 10.6 Å². The average Bonchev–Trinajstić information content (AvgIpc) is 2.81. The zero-order valence-electron chi connectivity index (χ0n) is 14.5. The Hall–Kier alpha value is -1.38. The molecule has 0 radical (unpaired) electrons. The summed E-state index contributed by atoms with van der Waals surface area (Å²) >= 11 is 8.66. The SMILES string of the molecule is C[Si](C)(C)Oc1c(NC(=O)CCCBr)oc(C2=CC=CCC2=S)c1O. The molecule has 0 aliphatic heterocycles. The Balaban J connectivity index is 2.41. The van der Waals surface area contributed by atoms with Gasteiger partial charge in [0.1, 0.15) is 0 Å². The van der Waals surface area contributed by atoms with Crippen molar-refractivity contribution in [1.29, 1.82) is 0 Å². The van der Waals surface area contributed by atoms with E-state index in [1.54, 1.807) is 6.08 Å². The largest absolute Gasteiger partial charge is 0.538 e. The number of amides is 1. The molecular formula is C17H22BrNO4SSi. The van der Waals surface area contributed by atoms with E-state index in [4.69, 9.17) is 21.1 Å². The molecule has 5 nitrogen and oxygen atoms in total. The van der Waals surface area contributed by atoms with Crippen LogP contribution in [0.25, 0.3) is 5.57 Å². The lowest BCUT2D eigenvalue weighted by atomic mass is 10.0. The van der Waals surface area contributed by atoms with E-state index in [-0.39, 0.29) is 29.1 Å². The number of anilines is 1. The third-order valence-electron chi connectivity index (χ3n) is 3.29. The highest BCUT2D eigenvalue weighted by atomic mass is 79.9. The van der Waals surface area contributed by atoms with Crippen LogP contribution in [0.15, 0.2) is 22.6 Å². The second-order valence-electron chi connectivity index (χ2n) is 6.63. The minimum Gasteiger partial charge on any atom is -0.538 e. The summed E-state index contributed by atoms with van der Waals surface area (Å²) < 4.78 is 11.7. The van der Waals surface area contributed by atoms with Crippen molar-refractivity contribution in [3.05, 3.63) is 24.0 Å². The monoisotopic (exact) mass is 443 g/mol. The van der Waals surface area contributed by atoms with E-state index in [1.807, 2.05) is 31.8 Å². The van der Waals surface area contributed by atoms with Crippen LogP contribution in [0.5, 0.6) is 11.5 Å². The van der Waals surface area contributed by atoms with Gasteiger partial charge in [-0.15, -0.1) is 0 Å². The van der Waals surface area contributed by atoms with Gasteiger partial charge in [-0.05, 0) is 26.1 Å². The van der Waals surface area contributed by atoms with E-state index in [0.717, 1.165) is 5.33 Å². The van der Waals surface area contributed by atoms with Crippen molar-refractivity contribution in [3.63, 3.8) is 0 Å². The first-order valence-corrected chi connectivity index (χ1v) is 13.0. The number of nitrogens with one attached hydrogen (secondary N) is 1. The van der Waals surface area contributed by atoms with Crippen LogP contribution in [-0.2, 0) is 4.79 Å². The highest BCUT2D eigenvalue weighted by Gasteiger charge is 2.30. The number of rotatable bonds is 7. The predicted molar refractivity (Wildman–Crippen MR) is 110 cm³/mol. The molecule has 1 aliphatic rings. The van der Waals surface area contributed by atoms with Crippen molar-refractivity contribution in [1.82, 2.24) is 0 Å². The molecule has 136 valence electrons. The Morgan fingerprint density at radius 1 is 1.48 bits per heavy atom. The van der Waals surface area contributed by atoms with Gasteiger partial charge < -0.3 is 13.9 Å². The number of furan rings is 1. The lowest BCUT2D eigenvalue weighted by Gasteiger charge is -2.19. The molecule has 8 heteroatoms. The summed E-state index contributed by atoms with van der Waals surface area (Å²) in [5.41, 5.74) is 0.636. The number of aromatic hydroxyl groups is 1. The van der Waals surface area contributed by atoms with Crippen molar-refractivity contribution in [2.45, 2.75) is 38.9 Å². The summed E-state index contributed by atoms with van der Waals surface area (Å²) in [6.45, 7) is 5.97. The predicted octanol–water partition coefficient (Wildman–Crippen LogP) is 5.03. The summed E-state index contributed by atoms with van der Waals surface area (Å²) in [6, 6.07) is 0. The van der Waals surface area contributed by atoms with Crippen LogP contribution in [0.4, 0.5) is 5.88 Å². The quantitative estimate of drug-likeness (QED) is 0.351. The number of carbonyl (C=O) groups is 1. The summed E-state index contributed by atoms with van der Waals surface area (Å²) in [5, 5.41) is 14.1. The summed E-state index contributed by atoms with van der Waals surface area (Å²) in [4.78, 5) is 12.8.